The zero-order valence-corrected chi connectivity index (χ0v) is 16.1. The Bertz CT molecular complexity index is 785. The fourth-order valence-electron chi connectivity index (χ4n) is 2.06. The smallest absolute Gasteiger partial charge is 0.348 e. The van der Waals surface area contributed by atoms with Gasteiger partial charge in [-0.15, -0.1) is 21.5 Å². The number of carbonyl (C=O) groups excluding carboxylic acids is 2. The minimum absolute atomic E-state index is 0.220. The van der Waals surface area contributed by atoms with Crippen LogP contribution in [0.3, 0.4) is 0 Å². The molecule has 0 unspecified atom stereocenters. The van der Waals surface area contributed by atoms with Crippen molar-refractivity contribution >= 4 is 40.0 Å². The van der Waals surface area contributed by atoms with Gasteiger partial charge in [0.1, 0.15) is 15.7 Å². The SMILES string of the molecule is CCOC(=O)c1sc(N)c(C(=O)OCC)c1CSc1nnc(C)n1C. The molecule has 2 aromatic rings. The maximum Gasteiger partial charge on any atom is 0.348 e. The van der Waals surface area contributed by atoms with Gasteiger partial charge in [0.05, 0.1) is 18.8 Å². The molecule has 0 aliphatic rings. The van der Waals surface area contributed by atoms with Crippen molar-refractivity contribution in [2.24, 2.45) is 7.05 Å². The summed E-state index contributed by atoms with van der Waals surface area (Å²) in [6, 6.07) is 0. The van der Waals surface area contributed by atoms with Gasteiger partial charge in [-0.3, -0.25) is 0 Å². The summed E-state index contributed by atoms with van der Waals surface area (Å²) < 4.78 is 12.0. The van der Waals surface area contributed by atoms with Gasteiger partial charge in [0.2, 0.25) is 0 Å². The third kappa shape index (κ3) is 4.13. The number of nitrogen functional groups attached to an aromatic ring is 1. The van der Waals surface area contributed by atoms with Gasteiger partial charge in [0.15, 0.2) is 5.16 Å². The number of hydrogen-bond acceptors (Lipinski definition) is 9. The van der Waals surface area contributed by atoms with Gasteiger partial charge >= 0.3 is 11.9 Å². The van der Waals surface area contributed by atoms with Crippen LogP contribution < -0.4 is 5.73 Å². The van der Waals surface area contributed by atoms with Crippen LogP contribution in [-0.4, -0.2) is 39.9 Å². The third-order valence-corrected chi connectivity index (χ3v) is 5.46. The number of thiophene rings is 1. The van der Waals surface area contributed by atoms with Crippen molar-refractivity contribution in [1.29, 1.82) is 0 Å². The van der Waals surface area contributed by atoms with E-state index in [4.69, 9.17) is 15.2 Å². The van der Waals surface area contributed by atoms with Crippen LogP contribution in [0.5, 0.6) is 0 Å². The van der Waals surface area contributed by atoms with Gasteiger partial charge in [0, 0.05) is 18.4 Å². The third-order valence-electron chi connectivity index (χ3n) is 3.37. The molecule has 10 heteroatoms. The summed E-state index contributed by atoms with van der Waals surface area (Å²) in [5.74, 6) is 0.0433. The summed E-state index contributed by atoms with van der Waals surface area (Å²) in [7, 11) is 1.85. The molecule has 0 saturated carbocycles. The molecule has 136 valence electrons. The van der Waals surface area contributed by atoms with E-state index < -0.39 is 11.9 Å². The molecule has 2 N–H and O–H groups in total. The number of anilines is 1. The highest BCUT2D eigenvalue weighted by atomic mass is 32.2. The van der Waals surface area contributed by atoms with E-state index >= 15 is 0 Å². The number of aryl methyl sites for hydroxylation is 1. The Hall–Kier alpha value is -2.07. The number of nitrogens with zero attached hydrogens (tertiary/aromatic N) is 3. The highest BCUT2D eigenvalue weighted by molar-refractivity contribution is 7.98. The Balaban J connectivity index is 2.38. The summed E-state index contributed by atoms with van der Waals surface area (Å²) in [6.07, 6.45) is 0. The minimum atomic E-state index is -0.545. The predicted molar refractivity (Wildman–Crippen MR) is 95.9 cm³/mol. The quantitative estimate of drug-likeness (QED) is 0.572. The van der Waals surface area contributed by atoms with E-state index in [1.54, 1.807) is 13.8 Å². The summed E-state index contributed by atoms with van der Waals surface area (Å²) in [4.78, 5) is 24.8. The summed E-state index contributed by atoms with van der Waals surface area (Å²) in [6.45, 7) is 5.73. The van der Waals surface area contributed by atoms with Crippen molar-refractivity contribution in [2.75, 3.05) is 18.9 Å². The highest BCUT2D eigenvalue weighted by Crippen LogP contribution is 2.36. The van der Waals surface area contributed by atoms with Crippen molar-refractivity contribution in [3.8, 4) is 0 Å². The molecule has 25 heavy (non-hydrogen) atoms. The summed E-state index contributed by atoms with van der Waals surface area (Å²) >= 11 is 2.39. The molecule has 2 aromatic heterocycles. The van der Waals surface area contributed by atoms with Crippen LogP contribution in [0.25, 0.3) is 0 Å². The van der Waals surface area contributed by atoms with Gasteiger partial charge in [0.25, 0.3) is 0 Å². The second-order valence-corrected chi connectivity index (χ2v) is 6.96. The summed E-state index contributed by atoms with van der Waals surface area (Å²) in [5, 5.41) is 8.98. The number of esters is 2. The van der Waals surface area contributed by atoms with Gasteiger partial charge in [-0.1, -0.05) is 11.8 Å². The van der Waals surface area contributed by atoms with Gasteiger partial charge in [-0.05, 0) is 20.8 Å². The highest BCUT2D eigenvalue weighted by Gasteiger charge is 2.28. The van der Waals surface area contributed by atoms with E-state index in [2.05, 4.69) is 10.2 Å². The van der Waals surface area contributed by atoms with Gasteiger partial charge < -0.3 is 19.8 Å². The van der Waals surface area contributed by atoms with Crippen LogP contribution in [0.4, 0.5) is 5.00 Å². The lowest BCUT2D eigenvalue weighted by molar-refractivity contribution is 0.0527. The molecule has 0 spiro atoms. The van der Waals surface area contributed by atoms with E-state index in [1.807, 2.05) is 18.5 Å². The lowest BCUT2D eigenvalue weighted by Gasteiger charge is -2.07. The first-order chi connectivity index (χ1) is 11.9. The number of thioether (sulfide) groups is 1. The van der Waals surface area contributed by atoms with Crippen LogP contribution in [0.2, 0.25) is 0 Å². The zero-order chi connectivity index (χ0) is 18.6. The minimum Gasteiger partial charge on any atom is -0.462 e. The van der Waals surface area contributed by atoms with Crippen LogP contribution in [0.1, 0.15) is 45.3 Å². The largest absolute Gasteiger partial charge is 0.462 e. The number of carbonyl (C=O) groups is 2. The van der Waals surface area contributed by atoms with Crippen molar-refractivity contribution in [2.45, 2.75) is 31.7 Å². The van der Waals surface area contributed by atoms with E-state index in [9.17, 15) is 9.59 Å². The van der Waals surface area contributed by atoms with Crippen molar-refractivity contribution in [3.63, 3.8) is 0 Å². The molecule has 2 heterocycles. The molecule has 0 aromatic carbocycles. The number of ether oxygens (including phenoxy) is 2. The lowest BCUT2D eigenvalue weighted by Crippen LogP contribution is -2.11. The fraction of sp³-hybridized carbons (Fsp3) is 0.467. The standard InChI is InChI=1S/C15H20N4O4S2/c1-5-22-13(20)10-9(7-24-15-18-17-8(3)19(15)4)11(25-12(10)16)14(21)23-6-2/h5-7,16H2,1-4H3. The first kappa shape index (κ1) is 19.3. The molecule has 0 saturated heterocycles. The number of aromatic nitrogens is 3. The number of nitrogens with two attached hydrogens (primary N) is 1. The molecule has 0 aliphatic carbocycles. The molecular formula is C15H20N4O4S2. The van der Waals surface area contributed by atoms with Gasteiger partial charge in [-0.2, -0.15) is 0 Å². The normalized spacial score (nSPS) is 10.7. The first-order valence-corrected chi connectivity index (χ1v) is 9.45. The van der Waals surface area contributed by atoms with Crippen LogP contribution >= 0.6 is 23.1 Å². The molecule has 0 bridgehead atoms. The molecule has 8 nitrogen and oxygen atoms in total. The number of rotatable bonds is 7. The predicted octanol–water partition coefficient (Wildman–Crippen LogP) is 2.41. The average Bonchev–Trinajstić information content (AvgIpc) is 3.06. The Kier molecular flexibility index (Phi) is 6.43. The maximum atomic E-state index is 12.3. The van der Waals surface area contributed by atoms with E-state index in [1.165, 1.54) is 11.8 Å². The van der Waals surface area contributed by atoms with Crippen molar-refractivity contribution in [3.05, 3.63) is 21.8 Å². The molecule has 0 radical (unpaired) electrons. The molecular weight excluding hydrogens is 364 g/mol. The van der Waals surface area contributed by atoms with Crippen LogP contribution in [-0.2, 0) is 22.3 Å². The lowest BCUT2D eigenvalue weighted by atomic mass is 10.1. The average molecular weight is 384 g/mol. The second kappa shape index (κ2) is 8.34. The van der Waals surface area contributed by atoms with Crippen molar-refractivity contribution < 1.29 is 19.1 Å². The first-order valence-electron chi connectivity index (χ1n) is 7.64. The summed E-state index contributed by atoms with van der Waals surface area (Å²) in [5.41, 5.74) is 6.71. The zero-order valence-electron chi connectivity index (χ0n) is 14.5. The molecule has 0 fully saturated rings. The molecule has 0 atom stereocenters. The molecule has 0 aliphatic heterocycles. The Morgan fingerprint density at radius 2 is 1.84 bits per heavy atom. The van der Waals surface area contributed by atoms with Gasteiger partial charge in [-0.25, -0.2) is 9.59 Å². The Morgan fingerprint density at radius 3 is 2.40 bits per heavy atom. The molecule has 0 amide bonds. The van der Waals surface area contributed by atoms with Crippen molar-refractivity contribution in [1.82, 2.24) is 14.8 Å². The van der Waals surface area contributed by atoms with E-state index in [0.717, 1.165) is 17.2 Å². The second-order valence-electron chi connectivity index (χ2n) is 4.97. The number of hydrogen-bond donors (Lipinski definition) is 1. The van der Waals surface area contributed by atoms with E-state index in [-0.39, 0.29) is 23.8 Å². The Morgan fingerprint density at radius 1 is 1.20 bits per heavy atom. The van der Waals surface area contributed by atoms with Crippen LogP contribution in [0.15, 0.2) is 5.16 Å². The maximum absolute atomic E-state index is 12.3. The van der Waals surface area contributed by atoms with E-state index in [0.29, 0.717) is 21.3 Å². The fourth-order valence-corrected chi connectivity index (χ4v) is 4.11. The van der Waals surface area contributed by atoms with Crippen LogP contribution in [0, 0.1) is 6.92 Å². The Labute approximate surface area is 153 Å². The molecule has 2 rings (SSSR count). The topological polar surface area (TPSA) is 109 Å². The monoisotopic (exact) mass is 384 g/mol.